The molecule has 1 saturated heterocycles. The second-order valence-electron chi connectivity index (χ2n) is 13.1. The minimum Gasteiger partial charge on any atom is -0.446 e. The van der Waals surface area contributed by atoms with Crippen LogP contribution in [0.3, 0.4) is 0 Å². The fraction of sp³-hybridized carbons (Fsp3) is 0.429. The molecule has 2 amide bonds. The average Bonchev–Trinajstić information content (AvgIpc) is 2.97. The summed E-state index contributed by atoms with van der Waals surface area (Å²) in [6.45, 7) is 13.6. The van der Waals surface area contributed by atoms with Crippen molar-refractivity contribution in [1.82, 2.24) is 4.90 Å². The number of hydrogen-bond acceptors (Lipinski definition) is 5. The lowest BCUT2D eigenvalue weighted by atomic mass is 9.99. The Morgan fingerprint density at radius 3 is 2.21 bits per heavy atom. The van der Waals surface area contributed by atoms with E-state index in [-0.39, 0.29) is 17.0 Å². The van der Waals surface area contributed by atoms with E-state index < -0.39 is 14.4 Å². The number of piperidine rings is 1. The van der Waals surface area contributed by atoms with Crippen LogP contribution < -0.4 is 10.6 Å². The van der Waals surface area contributed by atoms with E-state index in [0.717, 1.165) is 53.9 Å². The molecule has 1 fully saturated rings. The fourth-order valence-corrected chi connectivity index (χ4v) is 5.72. The lowest BCUT2D eigenvalue weighted by Crippen LogP contribution is -2.40. The Balaban J connectivity index is 1.35. The second kappa shape index (κ2) is 14.3. The summed E-state index contributed by atoms with van der Waals surface area (Å²) in [5, 5.41) is 6.15. The quantitative estimate of drug-likeness (QED) is 0.230. The van der Waals surface area contributed by atoms with Crippen molar-refractivity contribution in [2.75, 3.05) is 30.8 Å². The van der Waals surface area contributed by atoms with E-state index >= 15 is 0 Å². The summed E-state index contributed by atoms with van der Waals surface area (Å²) in [4.78, 5) is 27.9. The summed E-state index contributed by atoms with van der Waals surface area (Å²) in [6.07, 6.45) is 2.00. The lowest BCUT2D eigenvalue weighted by molar-refractivity contribution is -0.116. The first-order valence-corrected chi connectivity index (χ1v) is 18.2. The van der Waals surface area contributed by atoms with Crippen LogP contribution in [0.15, 0.2) is 72.8 Å². The summed E-state index contributed by atoms with van der Waals surface area (Å²) in [5.41, 5.74) is 5.40. The SMILES string of the molecule is CN1CCC(OC(=O)Nc2cc(CCC(=O)Nc3ccc(CO[Si](C)(C)C(C)(C)C)cc3)ccc2-c2ccccc2)CC1. The van der Waals surface area contributed by atoms with E-state index in [1.54, 1.807) is 0 Å². The topological polar surface area (TPSA) is 79.9 Å². The molecule has 3 aromatic rings. The molecule has 0 saturated carbocycles. The predicted molar refractivity (Wildman–Crippen MR) is 178 cm³/mol. The van der Waals surface area contributed by atoms with E-state index in [1.807, 2.05) is 72.8 Å². The Labute approximate surface area is 258 Å². The number of amides is 2. The highest BCUT2D eigenvalue weighted by Gasteiger charge is 2.37. The van der Waals surface area contributed by atoms with Crippen molar-refractivity contribution in [3.63, 3.8) is 0 Å². The molecule has 0 atom stereocenters. The number of benzene rings is 3. The van der Waals surface area contributed by atoms with E-state index in [2.05, 4.69) is 56.4 Å². The minimum absolute atomic E-state index is 0.0615. The zero-order valence-corrected chi connectivity index (χ0v) is 27.5. The number of rotatable bonds is 10. The third kappa shape index (κ3) is 9.51. The van der Waals surface area contributed by atoms with E-state index in [9.17, 15) is 9.59 Å². The molecular formula is C35H47N3O4Si. The van der Waals surface area contributed by atoms with E-state index in [0.29, 0.717) is 25.1 Å². The maximum Gasteiger partial charge on any atom is 0.411 e. The molecule has 2 N–H and O–H groups in total. The van der Waals surface area contributed by atoms with Gasteiger partial charge in [-0.2, -0.15) is 0 Å². The molecule has 1 aliphatic rings. The van der Waals surface area contributed by atoms with Gasteiger partial charge < -0.3 is 19.4 Å². The highest BCUT2D eigenvalue weighted by Crippen LogP contribution is 2.37. The molecule has 0 spiro atoms. The number of carbonyl (C=O) groups excluding carboxylic acids is 2. The molecule has 7 nitrogen and oxygen atoms in total. The van der Waals surface area contributed by atoms with Gasteiger partial charge >= 0.3 is 6.09 Å². The molecule has 0 radical (unpaired) electrons. The zero-order chi connectivity index (χ0) is 31.0. The number of carbonyl (C=O) groups is 2. The normalized spacial score (nSPS) is 14.7. The first kappa shape index (κ1) is 32.5. The third-order valence-corrected chi connectivity index (χ3v) is 13.1. The highest BCUT2D eigenvalue weighted by molar-refractivity contribution is 6.74. The number of anilines is 2. The summed E-state index contributed by atoms with van der Waals surface area (Å²) in [5.74, 6) is -0.0615. The number of hydrogen-bond donors (Lipinski definition) is 2. The van der Waals surface area contributed by atoms with Crippen LogP contribution in [0.2, 0.25) is 18.1 Å². The molecule has 0 aliphatic carbocycles. The summed E-state index contributed by atoms with van der Waals surface area (Å²) in [6, 6.07) is 23.8. The maximum absolute atomic E-state index is 12.9. The van der Waals surface area contributed by atoms with Gasteiger partial charge in [-0.05, 0) is 79.3 Å². The molecule has 230 valence electrons. The Kier molecular flexibility index (Phi) is 10.8. The molecule has 1 aliphatic heterocycles. The Hall–Kier alpha value is -3.46. The van der Waals surface area contributed by atoms with Gasteiger partial charge in [0.15, 0.2) is 8.32 Å². The van der Waals surface area contributed by atoms with Crippen molar-refractivity contribution in [2.24, 2.45) is 0 Å². The standard InChI is InChI=1S/C35H47N3O4Si/c1-35(2,3)43(5,6)41-25-27-12-16-29(17-13-27)36-33(39)19-15-26-14-18-31(28-10-8-7-9-11-28)32(24-26)37-34(40)42-30-20-22-38(4)23-21-30/h7-14,16-18,24,30H,15,19-23,25H2,1-6H3,(H,36,39)(H,37,40). The van der Waals surface area contributed by atoms with Crippen molar-refractivity contribution in [2.45, 2.75) is 77.3 Å². The third-order valence-electron chi connectivity index (χ3n) is 8.63. The highest BCUT2D eigenvalue weighted by atomic mass is 28.4. The fourth-order valence-electron chi connectivity index (χ4n) is 4.76. The van der Waals surface area contributed by atoms with Gasteiger partial charge in [0.1, 0.15) is 6.10 Å². The van der Waals surface area contributed by atoms with Gasteiger partial charge in [-0.1, -0.05) is 75.4 Å². The van der Waals surface area contributed by atoms with Crippen LogP contribution in [0.4, 0.5) is 16.2 Å². The predicted octanol–water partition coefficient (Wildman–Crippen LogP) is 8.09. The summed E-state index contributed by atoms with van der Waals surface area (Å²) in [7, 11) is 0.259. The molecule has 0 bridgehead atoms. The Morgan fingerprint density at radius 2 is 1.56 bits per heavy atom. The smallest absolute Gasteiger partial charge is 0.411 e. The van der Waals surface area contributed by atoms with Crippen LogP contribution in [0, 0.1) is 0 Å². The van der Waals surface area contributed by atoms with Gasteiger partial charge in [0.2, 0.25) is 5.91 Å². The van der Waals surface area contributed by atoms with Crippen molar-refractivity contribution < 1.29 is 18.8 Å². The summed E-state index contributed by atoms with van der Waals surface area (Å²) < 4.78 is 12.1. The van der Waals surface area contributed by atoms with Crippen LogP contribution in [-0.2, 0) is 27.0 Å². The van der Waals surface area contributed by atoms with Crippen LogP contribution in [-0.4, -0.2) is 51.5 Å². The monoisotopic (exact) mass is 601 g/mol. The van der Waals surface area contributed by atoms with E-state index in [4.69, 9.17) is 9.16 Å². The molecule has 0 aromatic heterocycles. The van der Waals surface area contributed by atoms with E-state index in [1.165, 1.54) is 0 Å². The first-order valence-electron chi connectivity index (χ1n) is 15.3. The average molecular weight is 602 g/mol. The Bertz CT molecular complexity index is 1360. The Morgan fingerprint density at radius 1 is 0.907 bits per heavy atom. The molecule has 8 heteroatoms. The number of aryl methyl sites for hydroxylation is 1. The largest absolute Gasteiger partial charge is 0.446 e. The lowest BCUT2D eigenvalue weighted by Gasteiger charge is -2.36. The van der Waals surface area contributed by atoms with Crippen molar-refractivity contribution in [1.29, 1.82) is 0 Å². The van der Waals surface area contributed by atoms with Crippen molar-refractivity contribution in [3.05, 3.63) is 83.9 Å². The van der Waals surface area contributed by atoms with Crippen molar-refractivity contribution in [3.8, 4) is 11.1 Å². The molecule has 1 heterocycles. The van der Waals surface area contributed by atoms with Crippen LogP contribution in [0.5, 0.6) is 0 Å². The minimum atomic E-state index is -1.82. The zero-order valence-electron chi connectivity index (χ0n) is 26.5. The molecule has 3 aromatic carbocycles. The molecule has 43 heavy (non-hydrogen) atoms. The van der Waals surface area contributed by atoms with Gasteiger partial charge in [0, 0.05) is 30.8 Å². The number of nitrogens with one attached hydrogen (secondary N) is 2. The van der Waals surface area contributed by atoms with Crippen LogP contribution >= 0.6 is 0 Å². The number of likely N-dealkylation sites (tertiary alicyclic amines) is 1. The van der Waals surface area contributed by atoms with Crippen LogP contribution in [0.25, 0.3) is 11.1 Å². The van der Waals surface area contributed by atoms with Gasteiger partial charge in [0.05, 0.1) is 12.3 Å². The van der Waals surface area contributed by atoms with Gasteiger partial charge in [-0.25, -0.2) is 4.79 Å². The van der Waals surface area contributed by atoms with Gasteiger partial charge in [0.25, 0.3) is 0 Å². The maximum atomic E-state index is 12.9. The van der Waals surface area contributed by atoms with Gasteiger partial charge in [-0.15, -0.1) is 0 Å². The molecular weight excluding hydrogens is 554 g/mol. The first-order chi connectivity index (χ1) is 20.4. The molecule has 4 rings (SSSR count). The van der Waals surface area contributed by atoms with Crippen LogP contribution in [0.1, 0.15) is 51.2 Å². The molecule has 0 unspecified atom stereocenters. The van der Waals surface area contributed by atoms with Crippen molar-refractivity contribution >= 4 is 31.7 Å². The number of nitrogens with zero attached hydrogens (tertiary/aromatic N) is 1. The van der Waals surface area contributed by atoms with Gasteiger partial charge in [-0.3, -0.25) is 10.1 Å². The number of ether oxygens (including phenoxy) is 1. The summed E-state index contributed by atoms with van der Waals surface area (Å²) >= 11 is 0. The second-order valence-corrected chi connectivity index (χ2v) is 17.9.